The molecular weight excluding hydrogens is 360 g/mol. The van der Waals surface area contributed by atoms with Gasteiger partial charge in [0.25, 0.3) is 0 Å². The molecule has 0 spiro atoms. The average Bonchev–Trinajstić information content (AvgIpc) is 2.76. The second-order valence-electron chi connectivity index (χ2n) is 8.34. The largest absolute Gasteiger partial charge is 0.378 e. The number of amides is 1. The van der Waals surface area contributed by atoms with Crippen molar-refractivity contribution in [1.82, 2.24) is 10.2 Å². The quantitative estimate of drug-likeness (QED) is 0.685. The van der Waals surface area contributed by atoms with Gasteiger partial charge in [0.05, 0.1) is 12.1 Å². The molecular formula is C25H34N2O2. The minimum Gasteiger partial charge on any atom is -0.378 e. The minimum atomic E-state index is -0.111. The van der Waals surface area contributed by atoms with Crippen LogP contribution in [0.2, 0.25) is 0 Å². The fraction of sp³-hybridized carbons (Fsp3) is 0.480. The third-order valence-corrected chi connectivity index (χ3v) is 5.43. The van der Waals surface area contributed by atoms with Crippen molar-refractivity contribution in [3.8, 4) is 0 Å². The Morgan fingerprint density at radius 1 is 1.00 bits per heavy atom. The molecule has 3 rings (SSSR count). The van der Waals surface area contributed by atoms with E-state index >= 15 is 0 Å². The molecule has 1 N–H and O–H groups in total. The van der Waals surface area contributed by atoms with Gasteiger partial charge in [-0.05, 0) is 29.9 Å². The van der Waals surface area contributed by atoms with E-state index in [2.05, 4.69) is 48.3 Å². The van der Waals surface area contributed by atoms with Gasteiger partial charge in [0.1, 0.15) is 0 Å². The first-order chi connectivity index (χ1) is 14.1. The molecule has 0 radical (unpaired) electrons. The summed E-state index contributed by atoms with van der Waals surface area (Å²) in [4.78, 5) is 15.1. The van der Waals surface area contributed by atoms with Crippen molar-refractivity contribution >= 4 is 5.91 Å². The second kappa shape index (κ2) is 11.1. The highest BCUT2D eigenvalue weighted by Crippen LogP contribution is 2.22. The monoisotopic (exact) mass is 394 g/mol. The third kappa shape index (κ3) is 6.98. The van der Waals surface area contributed by atoms with E-state index in [0.717, 1.165) is 50.2 Å². The van der Waals surface area contributed by atoms with Crippen LogP contribution < -0.4 is 5.32 Å². The van der Waals surface area contributed by atoms with Gasteiger partial charge in [-0.25, -0.2) is 0 Å². The number of nitrogens with zero attached hydrogens (tertiary/aromatic N) is 1. The Balaban J connectivity index is 1.49. The van der Waals surface area contributed by atoms with Crippen LogP contribution in [0.5, 0.6) is 0 Å². The summed E-state index contributed by atoms with van der Waals surface area (Å²) < 4.78 is 5.96. The van der Waals surface area contributed by atoms with Crippen LogP contribution in [0.1, 0.15) is 50.3 Å². The number of likely N-dealkylation sites (tertiary alicyclic amines) is 1. The first kappa shape index (κ1) is 21.5. The maximum absolute atomic E-state index is 12.7. The molecule has 0 aromatic heterocycles. The summed E-state index contributed by atoms with van der Waals surface area (Å²) in [7, 11) is 0. The van der Waals surface area contributed by atoms with Gasteiger partial charge in [0.2, 0.25) is 5.91 Å². The van der Waals surface area contributed by atoms with Crippen molar-refractivity contribution in [1.29, 1.82) is 0 Å². The van der Waals surface area contributed by atoms with E-state index in [1.54, 1.807) is 0 Å². The van der Waals surface area contributed by atoms with Crippen LogP contribution in [0.15, 0.2) is 60.7 Å². The number of hydrogen-bond acceptors (Lipinski definition) is 3. The van der Waals surface area contributed by atoms with Crippen LogP contribution >= 0.6 is 0 Å². The van der Waals surface area contributed by atoms with Crippen LogP contribution in [0.4, 0.5) is 0 Å². The van der Waals surface area contributed by atoms with E-state index in [1.807, 2.05) is 36.4 Å². The van der Waals surface area contributed by atoms with Crippen molar-refractivity contribution in [3.05, 3.63) is 71.8 Å². The molecule has 0 saturated carbocycles. The van der Waals surface area contributed by atoms with E-state index in [0.29, 0.717) is 18.4 Å². The average molecular weight is 395 g/mol. The molecule has 0 atom stereocenters. The first-order valence-corrected chi connectivity index (χ1v) is 10.8. The molecule has 1 aliphatic rings. The second-order valence-corrected chi connectivity index (χ2v) is 8.34. The van der Waals surface area contributed by atoms with E-state index in [4.69, 9.17) is 4.74 Å². The van der Waals surface area contributed by atoms with E-state index in [-0.39, 0.29) is 11.9 Å². The molecule has 0 unspecified atom stereocenters. The Morgan fingerprint density at radius 2 is 1.55 bits per heavy atom. The molecule has 1 amide bonds. The highest BCUT2D eigenvalue weighted by molar-refractivity contribution is 5.77. The van der Waals surface area contributed by atoms with Crippen molar-refractivity contribution in [2.75, 3.05) is 26.2 Å². The molecule has 1 fully saturated rings. The van der Waals surface area contributed by atoms with Crippen LogP contribution in [0, 0.1) is 5.92 Å². The van der Waals surface area contributed by atoms with Gasteiger partial charge in [-0.2, -0.15) is 0 Å². The molecule has 1 saturated heterocycles. The maximum Gasteiger partial charge on any atom is 0.222 e. The number of hydrogen-bond donors (Lipinski definition) is 1. The number of ether oxygens (including phenoxy) is 1. The molecule has 0 bridgehead atoms. The number of carbonyl (C=O) groups excluding carboxylic acids is 1. The lowest BCUT2D eigenvalue weighted by atomic mass is 9.98. The van der Waals surface area contributed by atoms with Crippen LogP contribution in [0.3, 0.4) is 0 Å². The third-order valence-electron chi connectivity index (χ3n) is 5.43. The normalized spacial score (nSPS) is 15.7. The van der Waals surface area contributed by atoms with Crippen molar-refractivity contribution in [2.45, 2.75) is 45.3 Å². The lowest BCUT2D eigenvalue weighted by molar-refractivity contribution is -0.122. The van der Waals surface area contributed by atoms with E-state index < -0.39 is 0 Å². The standard InChI is InChI=1S/C25H34N2O2/c1-20(2)19-29-23-13-16-27(17-14-23)18-15-24(28)26-25(21-9-5-3-6-10-21)22-11-7-4-8-12-22/h3-12,20,23,25H,13-19H2,1-2H3,(H,26,28). The zero-order valence-electron chi connectivity index (χ0n) is 17.7. The van der Waals surface area contributed by atoms with E-state index in [9.17, 15) is 4.79 Å². The molecule has 4 nitrogen and oxygen atoms in total. The first-order valence-electron chi connectivity index (χ1n) is 10.8. The summed E-state index contributed by atoms with van der Waals surface area (Å²) in [5.41, 5.74) is 2.21. The van der Waals surface area contributed by atoms with Gasteiger partial charge in [0, 0.05) is 32.7 Å². The fourth-order valence-electron chi connectivity index (χ4n) is 3.77. The molecule has 2 aromatic carbocycles. The van der Waals surface area contributed by atoms with Crippen molar-refractivity contribution in [2.24, 2.45) is 5.92 Å². The minimum absolute atomic E-state index is 0.0980. The molecule has 1 aliphatic heterocycles. The van der Waals surface area contributed by atoms with Crippen LogP contribution in [0.25, 0.3) is 0 Å². The summed E-state index contributed by atoms with van der Waals surface area (Å²) in [6, 6.07) is 20.2. The SMILES string of the molecule is CC(C)COC1CCN(CCC(=O)NC(c2ccccc2)c2ccccc2)CC1. The summed E-state index contributed by atoms with van der Waals surface area (Å²) in [6.45, 7) is 8.04. The number of nitrogens with one attached hydrogen (secondary N) is 1. The Hall–Kier alpha value is -2.17. The van der Waals surface area contributed by atoms with Gasteiger partial charge >= 0.3 is 0 Å². The van der Waals surface area contributed by atoms with Gasteiger partial charge in [-0.15, -0.1) is 0 Å². The maximum atomic E-state index is 12.7. The molecule has 156 valence electrons. The lowest BCUT2D eigenvalue weighted by Crippen LogP contribution is -2.40. The highest BCUT2D eigenvalue weighted by Gasteiger charge is 2.21. The predicted octanol–water partition coefficient (Wildman–Crippen LogP) is 4.42. The Bertz CT molecular complexity index is 686. The summed E-state index contributed by atoms with van der Waals surface area (Å²) >= 11 is 0. The number of rotatable bonds is 9. The lowest BCUT2D eigenvalue weighted by Gasteiger charge is -2.32. The van der Waals surface area contributed by atoms with Gasteiger partial charge in [-0.1, -0.05) is 74.5 Å². The summed E-state index contributed by atoms with van der Waals surface area (Å²) in [5.74, 6) is 0.680. The predicted molar refractivity (Wildman–Crippen MR) is 118 cm³/mol. The highest BCUT2D eigenvalue weighted by atomic mass is 16.5. The van der Waals surface area contributed by atoms with Crippen molar-refractivity contribution in [3.63, 3.8) is 0 Å². The molecule has 29 heavy (non-hydrogen) atoms. The molecule has 0 aliphatic carbocycles. The number of carbonyl (C=O) groups is 1. The van der Waals surface area contributed by atoms with Gasteiger partial charge in [-0.3, -0.25) is 4.79 Å². The van der Waals surface area contributed by atoms with Crippen LogP contribution in [-0.4, -0.2) is 43.2 Å². The zero-order chi connectivity index (χ0) is 20.5. The van der Waals surface area contributed by atoms with Crippen molar-refractivity contribution < 1.29 is 9.53 Å². The van der Waals surface area contributed by atoms with Crippen LogP contribution in [-0.2, 0) is 9.53 Å². The molecule has 4 heteroatoms. The summed E-state index contributed by atoms with van der Waals surface area (Å²) in [6.07, 6.45) is 3.02. The fourth-order valence-corrected chi connectivity index (χ4v) is 3.77. The molecule has 1 heterocycles. The number of piperidine rings is 1. The zero-order valence-corrected chi connectivity index (χ0v) is 17.7. The smallest absolute Gasteiger partial charge is 0.222 e. The Morgan fingerprint density at radius 3 is 2.07 bits per heavy atom. The van der Waals surface area contributed by atoms with Gasteiger partial charge in [0.15, 0.2) is 0 Å². The Kier molecular flexibility index (Phi) is 8.26. The topological polar surface area (TPSA) is 41.6 Å². The van der Waals surface area contributed by atoms with Gasteiger partial charge < -0.3 is 15.0 Å². The number of benzene rings is 2. The molecule has 2 aromatic rings. The summed E-state index contributed by atoms with van der Waals surface area (Å²) in [5, 5.41) is 3.24. The van der Waals surface area contributed by atoms with E-state index in [1.165, 1.54) is 0 Å². The Labute approximate surface area is 175 Å².